The third-order valence-corrected chi connectivity index (χ3v) is 1.92. The molecule has 0 bridgehead atoms. The van der Waals surface area contributed by atoms with Gasteiger partial charge in [-0.2, -0.15) is 5.26 Å². The maximum absolute atomic E-state index is 10.9. The van der Waals surface area contributed by atoms with Crippen LogP contribution >= 0.6 is 12.6 Å². The van der Waals surface area contributed by atoms with Gasteiger partial charge in [0.05, 0.1) is 24.4 Å². The van der Waals surface area contributed by atoms with Gasteiger partial charge in [-0.25, -0.2) is 4.79 Å². The maximum atomic E-state index is 10.9. The van der Waals surface area contributed by atoms with Gasteiger partial charge in [0.15, 0.2) is 0 Å². The van der Waals surface area contributed by atoms with Gasteiger partial charge in [0.1, 0.15) is 0 Å². The van der Waals surface area contributed by atoms with Crippen LogP contribution in [-0.2, 0) is 4.74 Å². The minimum Gasteiger partial charge on any atom is -0.453 e. The molecule has 0 aromatic heterocycles. The van der Waals surface area contributed by atoms with Crippen molar-refractivity contribution in [2.75, 3.05) is 12.4 Å². The number of hydrogen-bond donors (Lipinski definition) is 2. The monoisotopic (exact) mass is 208 g/mol. The Bertz CT molecular complexity index is 398. The van der Waals surface area contributed by atoms with Gasteiger partial charge in [-0.1, -0.05) is 0 Å². The molecule has 0 saturated heterocycles. The summed E-state index contributed by atoms with van der Waals surface area (Å²) >= 11 is 4.11. The number of carbonyl (C=O) groups is 1. The quantitative estimate of drug-likeness (QED) is 0.694. The van der Waals surface area contributed by atoms with Crippen LogP contribution < -0.4 is 5.32 Å². The Kier molecular flexibility index (Phi) is 3.37. The smallest absolute Gasteiger partial charge is 0.411 e. The fourth-order valence-electron chi connectivity index (χ4n) is 0.868. The fraction of sp³-hybridized carbons (Fsp3) is 0.111. The average Bonchev–Trinajstić information content (AvgIpc) is 2.20. The molecule has 1 N–H and O–H groups in total. The summed E-state index contributed by atoms with van der Waals surface area (Å²) in [7, 11) is 1.27. The van der Waals surface area contributed by atoms with E-state index in [0.717, 1.165) is 0 Å². The van der Waals surface area contributed by atoms with Crippen molar-refractivity contribution in [1.29, 1.82) is 5.26 Å². The lowest BCUT2D eigenvalue weighted by Gasteiger charge is -2.05. The van der Waals surface area contributed by atoms with Gasteiger partial charge < -0.3 is 4.74 Å². The molecular formula is C9H8N2O2S. The minimum atomic E-state index is -0.565. The highest BCUT2D eigenvalue weighted by Gasteiger charge is 2.04. The number of hydrogen-bond acceptors (Lipinski definition) is 4. The van der Waals surface area contributed by atoms with Gasteiger partial charge in [-0.15, -0.1) is 12.6 Å². The Morgan fingerprint density at radius 3 is 2.86 bits per heavy atom. The summed E-state index contributed by atoms with van der Waals surface area (Å²) in [4.78, 5) is 11.4. The molecule has 5 heteroatoms. The number of anilines is 1. The molecule has 0 aliphatic carbocycles. The Morgan fingerprint density at radius 2 is 2.36 bits per heavy atom. The van der Waals surface area contributed by atoms with Crippen LogP contribution in [0.3, 0.4) is 0 Å². The SMILES string of the molecule is COC(=O)Nc1ccc(C#N)cc1S. The van der Waals surface area contributed by atoms with E-state index in [1.165, 1.54) is 7.11 Å². The number of benzene rings is 1. The molecule has 4 nitrogen and oxygen atoms in total. The van der Waals surface area contributed by atoms with Crippen LogP contribution in [0.4, 0.5) is 10.5 Å². The van der Waals surface area contributed by atoms with E-state index in [1.54, 1.807) is 18.2 Å². The maximum Gasteiger partial charge on any atom is 0.411 e. The molecule has 1 aromatic rings. The molecule has 0 aliphatic heterocycles. The summed E-state index contributed by atoms with van der Waals surface area (Å²) in [5, 5.41) is 11.0. The third kappa shape index (κ3) is 2.41. The summed E-state index contributed by atoms with van der Waals surface area (Å²) < 4.78 is 4.42. The Hall–Kier alpha value is -1.67. The number of ether oxygens (including phenoxy) is 1. The molecule has 0 unspecified atom stereocenters. The van der Waals surface area contributed by atoms with Gasteiger partial charge in [-0.05, 0) is 18.2 Å². The zero-order chi connectivity index (χ0) is 10.6. The van der Waals surface area contributed by atoms with Crippen molar-refractivity contribution in [2.24, 2.45) is 0 Å². The molecule has 0 saturated carbocycles. The molecular weight excluding hydrogens is 200 g/mol. The molecule has 0 atom stereocenters. The van der Waals surface area contributed by atoms with E-state index in [9.17, 15) is 4.79 Å². The molecule has 1 amide bonds. The topological polar surface area (TPSA) is 62.1 Å². The highest BCUT2D eigenvalue weighted by atomic mass is 32.1. The van der Waals surface area contributed by atoms with Gasteiger partial charge in [0.2, 0.25) is 0 Å². The first-order valence-corrected chi connectivity index (χ1v) is 4.20. The lowest BCUT2D eigenvalue weighted by Crippen LogP contribution is -2.11. The third-order valence-electron chi connectivity index (χ3n) is 1.55. The zero-order valence-electron chi connectivity index (χ0n) is 7.44. The lowest BCUT2D eigenvalue weighted by atomic mass is 10.2. The fourth-order valence-corrected chi connectivity index (χ4v) is 1.14. The highest BCUT2D eigenvalue weighted by molar-refractivity contribution is 7.80. The standard InChI is InChI=1S/C9H8N2O2S/c1-13-9(12)11-7-3-2-6(5-10)4-8(7)14/h2-4,14H,1H3,(H,11,12). The first-order valence-electron chi connectivity index (χ1n) is 3.75. The number of nitrogens with one attached hydrogen (secondary N) is 1. The van der Waals surface area contributed by atoms with Crippen molar-refractivity contribution in [3.05, 3.63) is 23.8 Å². The Balaban J connectivity index is 2.90. The molecule has 0 radical (unpaired) electrons. The first kappa shape index (κ1) is 10.4. The van der Waals surface area contributed by atoms with Crippen molar-refractivity contribution in [3.8, 4) is 6.07 Å². The van der Waals surface area contributed by atoms with Crippen LogP contribution in [-0.4, -0.2) is 13.2 Å². The summed E-state index contributed by atoms with van der Waals surface area (Å²) in [5.41, 5.74) is 1.00. The van der Waals surface area contributed by atoms with E-state index in [0.29, 0.717) is 16.1 Å². The number of methoxy groups -OCH3 is 1. The van der Waals surface area contributed by atoms with E-state index < -0.39 is 6.09 Å². The van der Waals surface area contributed by atoms with Gasteiger partial charge in [-0.3, -0.25) is 5.32 Å². The van der Waals surface area contributed by atoms with E-state index in [2.05, 4.69) is 22.7 Å². The van der Waals surface area contributed by atoms with Crippen LogP contribution in [0.15, 0.2) is 23.1 Å². The summed E-state index contributed by atoms with van der Waals surface area (Å²) in [6.45, 7) is 0. The van der Waals surface area contributed by atoms with Gasteiger partial charge in [0, 0.05) is 4.90 Å². The van der Waals surface area contributed by atoms with Crippen LogP contribution in [0.5, 0.6) is 0 Å². The molecule has 1 rings (SSSR count). The number of carbonyl (C=O) groups excluding carboxylic acids is 1. The highest BCUT2D eigenvalue weighted by Crippen LogP contribution is 2.20. The Morgan fingerprint density at radius 1 is 1.64 bits per heavy atom. The van der Waals surface area contributed by atoms with Crippen molar-refractivity contribution in [2.45, 2.75) is 4.90 Å². The van der Waals surface area contributed by atoms with Crippen LogP contribution in [0, 0.1) is 11.3 Å². The van der Waals surface area contributed by atoms with E-state index in [-0.39, 0.29) is 0 Å². The molecule has 14 heavy (non-hydrogen) atoms. The molecule has 0 fully saturated rings. The number of amides is 1. The first-order chi connectivity index (χ1) is 6.67. The van der Waals surface area contributed by atoms with Crippen LogP contribution in [0.2, 0.25) is 0 Å². The minimum absolute atomic E-state index is 0.491. The summed E-state index contributed by atoms with van der Waals surface area (Å²) in [6, 6.07) is 6.72. The second kappa shape index (κ2) is 4.53. The van der Waals surface area contributed by atoms with E-state index >= 15 is 0 Å². The number of nitrogens with zero attached hydrogens (tertiary/aromatic N) is 1. The predicted molar refractivity (Wildman–Crippen MR) is 54.4 cm³/mol. The van der Waals surface area contributed by atoms with Crippen molar-refractivity contribution >= 4 is 24.4 Å². The van der Waals surface area contributed by atoms with E-state index in [1.807, 2.05) is 6.07 Å². The second-order valence-corrected chi connectivity index (χ2v) is 2.94. The molecule has 0 aliphatic rings. The lowest BCUT2D eigenvalue weighted by molar-refractivity contribution is 0.187. The average molecular weight is 208 g/mol. The van der Waals surface area contributed by atoms with Crippen LogP contribution in [0.25, 0.3) is 0 Å². The summed E-state index contributed by atoms with van der Waals surface area (Å²) in [5.74, 6) is 0. The molecule has 1 aromatic carbocycles. The molecule has 72 valence electrons. The number of nitriles is 1. The zero-order valence-corrected chi connectivity index (χ0v) is 8.34. The largest absolute Gasteiger partial charge is 0.453 e. The van der Waals surface area contributed by atoms with Gasteiger partial charge >= 0.3 is 6.09 Å². The number of thiol groups is 1. The van der Waals surface area contributed by atoms with Gasteiger partial charge in [0.25, 0.3) is 0 Å². The van der Waals surface area contributed by atoms with Crippen molar-refractivity contribution < 1.29 is 9.53 Å². The van der Waals surface area contributed by atoms with Crippen LogP contribution in [0.1, 0.15) is 5.56 Å². The van der Waals surface area contributed by atoms with E-state index in [4.69, 9.17) is 5.26 Å². The van der Waals surface area contributed by atoms with Crippen molar-refractivity contribution in [1.82, 2.24) is 0 Å². The molecule has 0 spiro atoms. The Labute approximate surface area is 86.9 Å². The summed E-state index contributed by atoms with van der Waals surface area (Å²) in [6.07, 6.45) is -0.565. The number of rotatable bonds is 1. The molecule has 0 heterocycles. The predicted octanol–water partition coefficient (Wildman–Crippen LogP) is 2.03. The van der Waals surface area contributed by atoms with Crippen molar-refractivity contribution in [3.63, 3.8) is 0 Å². The normalized spacial score (nSPS) is 8.93. The second-order valence-electron chi connectivity index (χ2n) is 2.46.